The van der Waals surface area contributed by atoms with E-state index in [0.29, 0.717) is 23.7 Å². The summed E-state index contributed by atoms with van der Waals surface area (Å²) in [5.74, 6) is 2.92. The molecule has 1 aliphatic rings. The monoisotopic (exact) mass is 421 g/mol. The summed E-state index contributed by atoms with van der Waals surface area (Å²) < 4.78 is 13.0. The first kappa shape index (κ1) is 20.7. The van der Waals surface area contributed by atoms with Crippen molar-refractivity contribution in [2.24, 2.45) is 0 Å². The second-order valence-electron chi connectivity index (χ2n) is 7.42. The van der Waals surface area contributed by atoms with Crippen LogP contribution in [0.5, 0.6) is 11.5 Å². The highest BCUT2D eigenvalue weighted by molar-refractivity contribution is 6.01. The summed E-state index contributed by atoms with van der Waals surface area (Å²) in [4.78, 5) is 15.0. The third kappa shape index (κ3) is 4.63. The molecule has 8 heteroatoms. The Labute approximate surface area is 181 Å². The van der Waals surface area contributed by atoms with Gasteiger partial charge in [0.1, 0.15) is 5.82 Å². The number of nitrogens with one attached hydrogen (secondary N) is 1. The number of rotatable bonds is 6. The van der Waals surface area contributed by atoms with Crippen LogP contribution in [-0.4, -0.2) is 35.0 Å². The lowest BCUT2D eigenvalue weighted by Gasteiger charge is -2.24. The van der Waals surface area contributed by atoms with Gasteiger partial charge in [-0.3, -0.25) is 4.90 Å². The van der Waals surface area contributed by atoms with E-state index in [1.807, 2.05) is 36.4 Å². The number of ether oxygens (including phenoxy) is 2. The first-order valence-electron chi connectivity index (χ1n) is 10.5. The Hall–Kier alpha value is -3.55. The molecule has 8 nitrogen and oxygen atoms in total. The van der Waals surface area contributed by atoms with Crippen LogP contribution >= 0.6 is 0 Å². The summed E-state index contributed by atoms with van der Waals surface area (Å²) >= 11 is 0. The SMILES string of the molecule is COc1ccc(N(Cc2nnc3n2CCCCC3)C(=O)Nc2ccccc2)cc1OC. The van der Waals surface area contributed by atoms with Gasteiger partial charge in [0.05, 0.1) is 20.8 Å². The summed E-state index contributed by atoms with van der Waals surface area (Å²) in [7, 11) is 3.16. The van der Waals surface area contributed by atoms with Crippen molar-refractivity contribution in [2.45, 2.75) is 38.8 Å². The van der Waals surface area contributed by atoms with Gasteiger partial charge in [-0.1, -0.05) is 24.6 Å². The van der Waals surface area contributed by atoms with Crippen LogP contribution in [0, 0.1) is 0 Å². The molecule has 0 atom stereocenters. The van der Waals surface area contributed by atoms with Crippen molar-refractivity contribution in [3.63, 3.8) is 0 Å². The number of amides is 2. The molecular formula is C23H27N5O3. The molecule has 0 radical (unpaired) electrons. The number of hydrogen-bond donors (Lipinski definition) is 1. The number of aryl methyl sites for hydroxylation is 1. The molecule has 3 aromatic rings. The Bertz CT molecular complexity index is 1030. The van der Waals surface area contributed by atoms with Gasteiger partial charge in [-0.2, -0.15) is 0 Å². The second kappa shape index (κ2) is 9.51. The predicted molar refractivity (Wildman–Crippen MR) is 119 cm³/mol. The molecule has 0 spiro atoms. The van der Waals surface area contributed by atoms with Gasteiger partial charge in [-0.25, -0.2) is 4.79 Å². The van der Waals surface area contributed by atoms with E-state index in [2.05, 4.69) is 20.1 Å². The molecule has 2 aromatic carbocycles. The van der Waals surface area contributed by atoms with Crippen molar-refractivity contribution < 1.29 is 14.3 Å². The van der Waals surface area contributed by atoms with Crippen LogP contribution in [0.2, 0.25) is 0 Å². The van der Waals surface area contributed by atoms with Crippen molar-refractivity contribution in [2.75, 3.05) is 24.4 Å². The van der Waals surface area contributed by atoms with Crippen molar-refractivity contribution >= 4 is 17.4 Å². The standard InChI is InChI=1S/C23H27N5O3/c1-30-19-13-12-18(15-20(19)31-2)28(23(29)24-17-9-5-3-6-10-17)16-22-26-25-21-11-7-4-8-14-27(21)22/h3,5-6,9-10,12-13,15H,4,7-8,11,14,16H2,1-2H3,(H,24,29). The molecule has 1 N–H and O–H groups in total. The molecule has 1 aromatic heterocycles. The zero-order valence-electron chi connectivity index (χ0n) is 17.9. The number of aromatic nitrogens is 3. The lowest BCUT2D eigenvalue weighted by atomic mass is 10.2. The van der Waals surface area contributed by atoms with E-state index in [0.717, 1.165) is 43.1 Å². The number of urea groups is 1. The summed E-state index contributed by atoms with van der Waals surface area (Å²) in [6.07, 6.45) is 4.30. The van der Waals surface area contributed by atoms with E-state index >= 15 is 0 Å². The van der Waals surface area contributed by atoms with Gasteiger partial charge in [0.15, 0.2) is 17.3 Å². The van der Waals surface area contributed by atoms with E-state index in [-0.39, 0.29) is 6.03 Å². The number of carbonyl (C=O) groups is 1. The van der Waals surface area contributed by atoms with E-state index in [1.165, 1.54) is 6.42 Å². The maximum atomic E-state index is 13.3. The number of hydrogen-bond acceptors (Lipinski definition) is 5. The molecule has 0 saturated heterocycles. The number of methoxy groups -OCH3 is 2. The Balaban J connectivity index is 1.67. The van der Waals surface area contributed by atoms with Crippen LogP contribution in [0.4, 0.5) is 16.2 Å². The predicted octanol–water partition coefficient (Wildman–Crippen LogP) is 4.26. The topological polar surface area (TPSA) is 81.5 Å². The van der Waals surface area contributed by atoms with Crippen molar-refractivity contribution in [1.29, 1.82) is 0 Å². The highest BCUT2D eigenvalue weighted by atomic mass is 16.5. The molecule has 2 heterocycles. The molecular weight excluding hydrogens is 394 g/mol. The van der Waals surface area contributed by atoms with Crippen molar-refractivity contribution in [3.8, 4) is 11.5 Å². The number of anilines is 2. The first-order chi connectivity index (χ1) is 15.2. The Morgan fingerprint density at radius 3 is 2.61 bits per heavy atom. The first-order valence-corrected chi connectivity index (χ1v) is 10.5. The lowest BCUT2D eigenvalue weighted by molar-refractivity contribution is 0.256. The largest absolute Gasteiger partial charge is 0.493 e. The number of fused-ring (bicyclic) bond motifs is 1. The molecule has 0 bridgehead atoms. The zero-order chi connectivity index (χ0) is 21.6. The fourth-order valence-corrected chi connectivity index (χ4v) is 3.79. The summed E-state index contributed by atoms with van der Waals surface area (Å²) in [6, 6.07) is 14.6. The summed E-state index contributed by atoms with van der Waals surface area (Å²) in [6.45, 7) is 1.17. The Morgan fingerprint density at radius 2 is 1.84 bits per heavy atom. The fourth-order valence-electron chi connectivity index (χ4n) is 3.79. The number of benzene rings is 2. The quantitative estimate of drug-likeness (QED) is 0.643. The summed E-state index contributed by atoms with van der Waals surface area (Å²) in [5.41, 5.74) is 1.40. The van der Waals surface area contributed by atoms with Crippen molar-refractivity contribution in [3.05, 3.63) is 60.2 Å². The molecule has 31 heavy (non-hydrogen) atoms. The van der Waals surface area contributed by atoms with Gasteiger partial charge in [0, 0.05) is 30.4 Å². The minimum Gasteiger partial charge on any atom is -0.493 e. The Morgan fingerprint density at radius 1 is 1.03 bits per heavy atom. The van der Waals surface area contributed by atoms with Crippen LogP contribution in [0.25, 0.3) is 0 Å². The normalized spacial score (nSPS) is 13.1. The van der Waals surface area contributed by atoms with E-state index < -0.39 is 0 Å². The minimum absolute atomic E-state index is 0.260. The average molecular weight is 422 g/mol. The molecule has 0 fully saturated rings. The van der Waals surface area contributed by atoms with E-state index in [1.54, 1.807) is 31.3 Å². The zero-order valence-corrected chi connectivity index (χ0v) is 17.9. The van der Waals surface area contributed by atoms with Crippen LogP contribution in [0.15, 0.2) is 48.5 Å². The maximum Gasteiger partial charge on any atom is 0.326 e. The van der Waals surface area contributed by atoms with Crippen LogP contribution in [0.3, 0.4) is 0 Å². The van der Waals surface area contributed by atoms with Crippen LogP contribution < -0.4 is 19.7 Å². The second-order valence-corrected chi connectivity index (χ2v) is 7.42. The van der Waals surface area contributed by atoms with Crippen molar-refractivity contribution in [1.82, 2.24) is 14.8 Å². The lowest BCUT2D eigenvalue weighted by Crippen LogP contribution is -2.35. The van der Waals surface area contributed by atoms with Crippen LogP contribution in [0.1, 0.15) is 30.9 Å². The van der Waals surface area contributed by atoms with Gasteiger partial charge in [0.25, 0.3) is 0 Å². The molecule has 1 aliphatic heterocycles. The molecule has 0 unspecified atom stereocenters. The van der Waals surface area contributed by atoms with Gasteiger partial charge in [0.2, 0.25) is 0 Å². The maximum absolute atomic E-state index is 13.3. The molecule has 0 aliphatic carbocycles. The van der Waals surface area contributed by atoms with Gasteiger partial charge >= 0.3 is 6.03 Å². The third-order valence-electron chi connectivity index (χ3n) is 5.43. The summed E-state index contributed by atoms with van der Waals surface area (Å²) in [5, 5.41) is 11.8. The number of carbonyl (C=O) groups excluding carboxylic acids is 1. The van der Waals surface area contributed by atoms with Gasteiger partial charge in [-0.05, 0) is 37.1 Å². The van der Waals surface area contributed by atoms with Gasteiger partial charge in [-0.15, -0.1) is 10.2 Å². The minimum atomic E-state index is -0.260. The van der Waals surface area contributed by atoms with E-state index in [4.69, 9.17) is 9.47 Å². The third-order valence-corrected chi connectivity index (χ3v) is 5.43. The van der Waals surface area contributed by atoms with E-state index in [9.17, 15) is 4.79 Å². The number of para-hydroxylation sites is 1. The number of nitrogens with zero attached hydrogens (tertiary/aromatic N) is 4. The molecule has 162 valence electrons. The molecule has 4 rings (SSSR count). The molecule has 2 amide bonds. The van der Waals surface area contributed by atoms with Crippen LogP contribution in [-0.2, 0) is 19.5 Å². The van der Waals surface area contributed by atoms with Gasteiger partial charge < -0.3 is 19.4 Å². The Kier molecular flexibility index (Phi) is 6.35. The average Bonchev–Trinajstić information content (AvgIpc) is 3.02. The fraction of sp³-hybridized carbons (Fsp3) is 0.348. The molecule has 0 saturated carbocycles. The smallest absolute Gasteiger partial charge is 0.326 e. The highest BCUT2D eigenvalue weighted by Gasteiger charge is 2.23. The highest BCUT2D eigenvalue weighted by Crippen LogP contribution is 2.32.